The van der Waals surface area contributed by atoms with Crippen molar-refractivity contribution in [2.75, 3.05) is 6.54 Å². The van der Waals surface area contributed by atoms with E-state index in [9.17, 15) is 9.59 Å². The quantitative estimate of drug-likeness (QED) is 0.771. The molecule has 0 amide bonds. The molecule has 1 saturated heterocycles. The third-order valence-electron chi connectivity index (χ3n) is 2.86. The molecule has 19 heavy (non-hydrogen) atoms. The van der Waals surface area contributed by atoms with Crippen LogP contribution in [0.3, 0.4) is 0 Å². The van der Waals surface area contributed by atoms with Crippen LogP contribution < -0.4 is 10.1 Å². The van der Waals surface area contributed by atoms with Gasteiger partial charge in [0.05, 0.1) is 10.0 Å². The molecule has 1 aliphatic heterocycles. The maximum Gasteiger partial charge on any atom is 0.335 e. The molecule has 1 aliphatic rings. The number of benzene rings is 1. The molecule has 6 nitrogen and oxygen atoms in total. The molecule has 1 aromatic carbocycles. The Morgan fingerprint density at radius 1 is 1.37 bits per heavy atom. The lowest BCUT2D eigenvalue weighted by Crippen LogP contribution is -2.30. The fraction of sp³-hybridized carbons (Fsp3) is 0.333. The second-order valence-electron chi connectivity index (χ2n) is 4.22. The molecule has 0 radical (unpaired) electrons. The maximum absolute atomic E-state index is 10.8. The molecular formula is C12H12BrNO5. The van der Waals surface area contributed by atoms with Gasteiger partial charge in [-0.1, -0.05) is 0 Å². The highest BCUT2D eigenvalue weighted by Crippen LogP contribution is 2.28. The van der Waals surface area contributed by atoms with Gasteiger partial charge in [0, 0.05) is 13.0 Å². The highest BCUT2D eigenvalue weighted by molar-refractivity contribution is 9.10. The highest BCUT2D eigenvalue weighted by atomic mass is 79.9. The zero-order valence-electron chi connectivity index (χ0n) is 9.80. The van der Waals surface area contributed by atoms with E-state index in [0.717, 1.165) is 0 Å². The van der Waals surface area contributed by atoms with Gasteiger partial charge in [0.15, 0.2) is 0 Å². The Morgan fingerprint density at radius 3 is 2.63 bits per heavy atom. The van der Waals surface area contributed by atoms with E-state index in [4.69, 9.17) is 14.9 Å². The smallest absolute Gasteiger partial charge is 0.335 e. The van der Waals surface area contributed by atoms with Crippen LogP contribution in [-0.4, -0.2) is 40.8 Å². The molecule has 0 spiro atoms. The zero-order valence-corrected chi connectivity index (χ0v) is 11.4. The predicted molar refractivity (Wildman–Crippen MR) is 69.6 cm³/mol. The SMILES string of the molecule is O=C(O)c1ccc(OC2CNC(C(=O)O)C2)c(Br)c1. The van der Waals surface area contributed by atoms with Gasteiger partial charge >= 0.3 is 11.9 Å². The van der Waals surface area contributed by atoms with Crippen molar-refractivity contribution in [1.29, 1.82) is 0 Å². The number of carboxylic acid groups (broad SMARTS) is 2. The molecule has 2 atom stereocenters. The largest absolute Gasteiger partial charge is 0.488 e. The van der Waals surface area contributed by atoms with E-state index in [2.05, 4.69) is 21.2 Å². The summed E-state index contributed by atoms with van der Waals surface area (Å²) in [5.41, 5.74) is 0.159. The molecule has 7 heteroatoms. The monoisotopic (exact) mass is 329 g/mol. The third-order valence-corrected chi connectivity index (χ3v) is 3.48. The van der Waals surface area contributed by atoms with Crippen molar-refractivity contribution in [2.45, 2.75) is 18.6 Å². The van der Waals surface area contributed by atoms with Gasteiger partial charge in [-0.05, 0) is 34.1 Å². The molecule has 1 fully saturated rings. The molecule has 3 N–H and O–H groups in total. The van der Waals surface area contributed by atoms with Gasteiger partial charge < -0.3 is 20.3 Å². The second-order valence-corrected chi connectivity index (χ2v) is 5.08. The van der Waals surface area contributed by atoms with Crippen LogP contribution in [0.1, 0.15) is 16.8 Å². The average Bonchev–Trinajstić information content (AvgIpc) is 2.80. The average molecular weight is 330 g/mol. The molecule has 1 aromatic rings. The Kier molecular flexibility index (Phi) is 4.06. The van der Waals surface area contributed by atoms with Crippen molar-refractivity contribution >= 4 is 27.9 Å². The lowest BCUT2D eigenvalue weighted by Gasteiger charge is -2.14. The molecule has 0 saturated carbocycles. The lowest BCUT2D eigenvalue weighted by atomic mass is 10.2. The van der Waals surface area contributed by atoms with Crippen LogP contribution >= 0.6 is 15.9 Å². The minimum absolute atomic E-state index is 0.159. The van der Waals surface area contributed by atoms with E-state index >= 15 is 0 Å². The Bertz CT molecular complexity index is 519. The van der Waals surface area contributed by atoms with Gasteiger partial charge in [0.2, 0.25) is 0 Å². The standard InChI is InChI=1S/C12H12BrNO5/c13-8-3-6(11(15)16)1-2-10(8)19-7-4-9(12(17)18)14-5-7/h1-3,7,9,14H,4-5H2,(H,15,16)(H,17,18). The zero-order chi connectivity index (χ0) is 14.0. The number of hydrogen-bond acceptors (Lipinski definition) is 4. The van der Waals surface area contributed by atoms with E-state index in [0.29, 0.717) is 23.2 Å². The van der Waals surface area contributed by atoms with Crippen molar-refractivity contribution in [3.63, 3.8) is 0 Å². The van der Waals surface area contributed by atoms with Crippen LogP contribution in [0.25, 0.3) is 0 Å². The summed E-state index contributed by atoms with van der Waals surface area (Å²) in [6, 6.07) is 3.86. The number of aromatic carboxylic acids is 1. The third kappa shape index (κ3) is 3.24. The minimum atomic E-state index is -1.01. The molecule has 2 unspecified atom stereocenters. The minimum Gasteiger partial charge on any atom is -0.488 e. The second kappa shape index (κ2) is 5.58. The first-order chi connectivity index (χ1) is 8.97. The van der Waals surface area contributed by atoms with E-state index in [1.54, 1.807) is 6.07 Å². The van der Waals surface area contributed by atoms with Gasteiger partial charge in [0.1, 0.15) is 17.9 Å². The summed E-state index contributed by atoms with van der Waals surface area (Å²) < 4.78 is 6.19. The number of halogens is 1. The van der Waals surface area contributed by atoms with Gasteiger partial charge in [-0.2, -0.15) is 0 Å². The van der Waals surface area contributed by atoms with Crippen LogP contribution in [0.5, 0.6) is 5.75 Å². The first-order valence-corrected chi connectivity index (χ1v) is 6.42. The fourth-order valence-electron chi connectivity index (χ4n) is 1.89. The van der Waals surface area contributed by atoms with Gasteiger partial charge in [-0.15, -0.1) is 0 Å². The summed E-state index contributed by atoms with van der Waals surface area (Å²) in [6.07, 6.45) is 0.135. The molecule has 0 aromatic heterocycles. The Balaban J connectivity index is 2.04. The van der Waals surface area contributed by atoms with Gasteiger partial charge in [-0.25, -0.2) is 4.79 Å². The Morgan fingerprint density at radius 2 is 2.11 bits per heavy atom. The molecule has 0 bridgehead atoms. The Labute approximate surface area is 117 Å². The van der Waals surface area contributed by atoms with E-state index in [-0.39, 0.29) is 11.7 Å². The highest BCUT2D eigenvalue weighted by Gasteiger charge is 2.30. The topological polar surface area (TPSA) is 95.9 Å². The van der Waals surface area contributed by atoms with Crippen molar-refractivity contribution in [3.8, 4) is 5.75 Å². The summed E-state index contributed by atoms with van der Waals surface area (Å²) in [4.78, 5) is 21.6. The molecule has 1 heterocycles. The fourth-order valence-corrected chi connectivity index (χ4v) is 2.36. The first-order valence-electron chi connectivity index (χ1n) is 5.63. The van der Waals surface area contributed by atoms with Crippen LogP contribution in [-0.2, 0) is 4.79 Å². The molecular weight excluding hydrogens is 318 g/mol. The van der Waals surface area contributed by atoms with Crippen molar-refractivity contribution in [1.82, 2.24) is 5.32 Å². The van der Waals surface area contributed by atoms with Gasteiger partial charge in [-0.3, -0.25) is 4.79 Å². The number of aliphatic carboxylic acids is 1. The van der Waals surface area contributed by atoms with Crippen molar-refractivity contribution in [3.05, 3.63) is 28.2 Å². The van der Waals surface area contributed by atoms with Crippen molar-refractivity contribution in [2.24, 2.45) is 0 Å². The lowest BCUT2D eigenvalue weighted by molar-refractivity contribution is -0.139. The number of carboxylic acids is 2. The summed E-state index contributed by atoms with van der Waals surface area (Å²) in [5.74, 6) is -1.41. The summed E-state index contributed by atoms with van der Waals surface area (Å²) in [6.45, 7) is 0.449. The predicted octanol–water partition coefficient (Wildman–Crippen LogP) is 1.34. The summed E-state index contributed by atoms with van der Waals surface area (Å²) in [5, 5.41) is 20.5. The number of rotatable bonds is 4. The normalized spacial score (nSPS) is 22.2. The maximum atomic E-state index is 10.8. The van der Waals surface area contributed by atoms with E-state index in [1.807, 2.05) is 0 Å². The Hall–Kier alpha value is -1.60. The number of hydrogen-bond donors (Lipinski definition) is 3. The molecule has 0 aliphatic carbocycles. The van der Waals surface area contributed by atoms with Crippen LogP contribution in [0.2, 0.25) is 0 Å². The van der Waals surface area contributed by atoms with Crippen LogP contribution in [0.4, 0.5) is 0 Å². The summed E-state index contributed by atoms with van der Waals surface area (Å²) in [7, 11) is 0. The number of ether oxygens (including phenoxy) is 1. The van der Waals surface area contributed by atoms with Crippen LogP contribution in [0.15, 0.2) is 22.7 Å². The first kappa shape index (κ1) is 13.8. The van der Waals surface area contributed by atoms with Crippen LogP contribution in [0, 0.1) is 0 Å². The number of carbonyl (C=O) groups is 2. The molecule has 2 rings (SSSR count). The van der Waals surface area contributed by atoms with E-state index < -0.39 is 18.0 Å². The summed E-state index contributed by atoms with van der Waals surface area (Å²) >= 11 is 3.24. The number of nitrogens with one attached hydrogen (secondary N) is 1. The van der Waals surface area contributed by atoms with Gasteiger partial charge in [0.25, 0.3) is 0 Å². The van der Waals surface area contributed by atoms with Crippen molar-refractivity contribution < 1.29 is 24.5 Å². The van der Waals surface area contributed by atoms with E-state index in [1.165, 1.54) is 12.1 Å². The molecule has 102 valence electrons.